The molecular formula is C14H11N3O4. The molecule has 7 nitrogen and oxygen atoms in total. The lowest BCUT2D eigenvalue weighted by Crippen LogP contribution is -2.49. The van der Waals surface area contributed by atoms with Crippen LogP contribution in [0.1, 0.15) is 16.8 Å². The molecule has 2 aromatic rings. The molecule has 3 rings (SSSR count). The first-order valence-corrected chi connectivity index (χ1v) is 6.29. The number of aromatic nitrogens is 1. The molecule has 0 unspecified atom stereocenters. The van der Waals surface area contributed by atoms with Gasteiger partial charge < -0.3 is 5.11 Å². The average Bonchev–Trinajstić information content (AvgIpc) is 2.46. The molecule has 21 heavy (non-hydrogen) atoms. The van der Waals surface area contributed by atoms with E-state index in [0.29, 0.717) is 16.6 Å². The number of carboxylic acid groups (broad SMARTS) is 1. The molecule has 1 aliphatic heterocycles. The molecular weight excluding hydrogens is 274 g/mol. The standard InChI is InChI=1S/C14H11N3O4/c18-12-4-6-17(14(21)16-12)8-1-2-11-10(7-8)9(13(19)20)3-5-15-11/h1-3,5,7H,4,6H2,(H,19,20)(H,16,18,21). The van der Waals surface area contributed by atoms with Crippen molar-refractivity contribution in [3.05, 3.63) is 36.0 Å². The molecule has 1 saturated heterocycles. The molecule has 7 heteroatoms. The van der Waals surface area contributed by atoms with Gasteiger partial charge in [-0.25, -0.2) is 9.59 Å². The summed E-state index contributed by atoms with van der Waals surface area (Å²) in [5.74, 6) is -1.37. The van der Waals surface area contributed by atoms with Crippen LogP contribution in [0.25, 0.3) is 10.9 Å². The number of carbonyl (C=O) groups is 3. The number of nitrogens with one attached hydrogen (secondary N) is 1. The van der Waals surface area contributed by atoms with Gasteiger partial charge in [0.25, 0.3) is 0 Å². The number of urea groups is 1. The predicted octanol–water partition coefficient (Wildman–Crippen LogP) is 1.38. The van der Waals surface area contributed by atoms with E-state index in [1.807, 2.05) is 0 Å². The lowest BCUT2D eigenvalue weighted by molar-refractivity contribution is -0.120. The topological polar surface area (TPSA) is 99.6 Å². The number of amides is 3. The Balaban J connectivity index is 2.08. The second-order valence-corrected chi connectivity index (χ2v) is 4.62. The van der Waals surface area contributed by atoms with Gasteiger partial charge in [-0.05, 0) is 24.3 Å². The van der Waals surface area contributed by atoms with E-state index in [9.17, 15) is 19.5 Å². The number of hydrogen-bond donors (Lipinski definition) is 2. The molecule has 0 spiro atoms. The summed E-state index contributed by atoms with van der Waals surface area (Å²) in [5, 5.41) is 11.9. The van der Waals surface area contributed by atoms with E-state index >= 15 is 0 Å². The second kappa shape index (κ2) is 4.86. The number of nitrogens with zero attached hydrogens (tertiary/aromatic N) is 2. The van der Waals surface area contributed by atoms with Crippen molar-refractivity contribution in [2.75, 3.05) is 11.4 Å². The minimum absolute atomic E-state index is 0.121. The Morgan fingerprint density at radius 3 is 2.81 bits per heavy atom. The lowest BCUT2D eigenvalue weighted by atomic mass is 10.1. The van der Waals surface area contributed by atoms with Crippen LogP contribution >= 0.6 is 0 Å². The number of benzene rings is 1. The van der Waals surface area contributed by atoms with Crippen LogP contribution in [0.4, 0.5) is 10.5 Å². The van der Waals surface area contributed by atoms with Crippen molar-refractivity contribution >= 4 is 34.5 Å². The quantitative estimate of drug-likeness (QED) is 0.868. The normalized spacial score (nSPS) is 15.1. The number of carboxylic acids is 1. The Morgan fingerprint density at radius 2 is 2.10 bits per heavy atom. The summed E-state index contributed by atoms with van der Waals surface area (Å²) in [7, 11) is 0. The van der Waals surface area contributed by atoms with Gasteiger partial charge in [0, 0.05) is 30.2 Å². The van der Waals surface area contributed by atoms with Gasteiger partial charge in [0.15, 0.2) is 0 Å². The zero-order chi connectivity index (χ0) is 15.0. The highest BCUT2D eigenvalue weighted by molar-refractivity contribution is 6.08. The third-order valence-electron chi connectivity index (χ3n) is 3.32. The molecule has 0 atom stereocenters. The van der Waals surface area contributed by atoms with E-state index in [1.165, 1.54) is 17.2 Å². The van der Waals surface area contributed by atoms with Crippen LogP contribution in [0, 0.1) is 0 Å². The van der Waals surface area contributed by atoms with Crippen molar-refractivity contribution in [3.8, 4) is 0 Å². The molecule has 0 aliphatic carbocycles. The molecule has 106 valence electrons. The molecule has 0 radical (unpaired) electrons. The number of carbonyl (C=O) groups excluding carboxylic acids is 2. The van der Waals surface area contributed by atoms with Crippen molar-refractivity contribution in [2.24, 2.45) is 0 Å². The maximum Gasteiger partial charge on any atom is 0.336 e. The summed E-state index contributed by atoms with van der Waals surface area (Å²) in [5.41, 5.74) is 1.19. The molecule has 2 N–H and O–H groups in total. The minimum atomic E-state index is -1.06. The highest BCUT2D eigenvalue weighted by Crippen LogP contribution is 2.25. The van der Waals surface area contributed by atoms with E-state index in [1.54, 1.807) is 18.2 Å². The second-order valence-electron chi connectivity index (χ2n) is 4.62. The Labute approximate surface area is 119 Å². The third-order valence-corrected chi connectivity index (χ3v) is 3.32. The summed E-state index contributed by atoms with van der Waals surface area (Å²) in [4.78, 5) is 39.7. The lowest BCUT2D eigenvalue weighted by Gasteiger charge is -2.26. The number of imide groups is 1. The van der Waals surface area contributed by atoms with Crippen molar-refractivity contribution in [1.29, 1.82) is 0 Å². The SMILES string of the molecule is O=C1CCN(c2ccc3nccc(C(=O)O)c3c2)C(=O)N1. The maximum absolute atomic E-state index is 11.8. The number of pyridine rings is 1. The summed E-state index contributed by atoms with van der Waals surface area (Å²) in [6.45, 7) is 0.263. The highest BCUT2D eigenvalue weighted by Gasteiger charge is 2.24. The van der Waals surface area contributed by atoms with Crippen LogP contribution in [-0.2, 0) is 4.79 Å². The monoisotopic (exact) mass is 285 g/mol. The summed E-state index contributed by atoms with van der Waals surface area (Å²) >= 11 is 0. The van der Waals surface area contributed by atoms with Crippen molar-refractivity contribution in [2.45, 2.75) is 6.42 Å². The van der Waals surface area contributed by atoms with E-state index in [-0.39, 0.29) is 24.4 Å². The van der Waals surface area contributed by atoms with Gasteiger partial charge in [-0.1, -0.05) is 0 Å². The first-order chi connectivity index (χ1) is 10.1. The molecule has 2 heterocycles. The summed E-state index contributed by atoms with van der Waals surface area (Å²) < 4.78 is 0. The number of anilines is 1. The Morgan fingerprint density at radius 1 is 1.29 bits per heavy atom. The number of hydrogen-bond acceptors (Lipinski definition) is 4. The van der Waals surface area contributed by atoms with Crippen molar-refractivity contribution in [1.82, 2.24) is 10.3 Å². The number of aromatic carboxylic acids is 1. The smallest absolute Gasteiger partial charge is 0.336 e. The molecule has 1 fully saturated rings. The summed E-state index contributed by atoms with van der Waals surface area (Å²) in [6, 6.07) is 5.83. The molecule has 1 aromatic heterocycles. The van der Waals surface area contributed by atoms with Gasteiger partial charge in [-0.3, -0.25) is 20.0 Å². The Kier molecular flexibility index (Phi) is 3.02. The summed E-state index contributed by atoms with van der Waals surface area (Å²) in [6.07, 6.45) is 1.64. The van der Waals surface area contributed by atoms with Gasteiger partial charge in [0.2, 0.25) is 5.91 Å². The largest absolute Gasteiger partial charge is 0.478 e. The van der Waals surface area contributed by atoms with Crippen molar-refractivity contribution < 1.29 is 19.5 Å². The fourth-order valence-corrected chi connectivity index (χ4v) is 2.30. The van der Waals surface area contributed by atoms with Crippen LogP contribution in [0.15, 0.2) is 30.5 Å². The third kappa shape index (κ3) is 2.29. The minimum Gasteiger partial charge on any atom is -0.478 e. The predicted molar refractivity (Wildman–Crippen MR) is 74.2 cm³/mol. The first-order valence-electron chi connectivity index (χ1n) is 6.29. The van der Waals surface area contributed by atoms with Gasteiger partial charge >= 0.3 is 12.0 Å². The van der Waals surface area contributed by atoms with E-state index < -0.39 is 12.0 Å². The Hall–Kier alpha value is -2.96. The highest BCUT2D eigenvalue weighted by atomic mass is 16.4. The molecule has 1 aliphatic rings. The fraction of sp³-hybridized carbons (Fsp3) is 0.143. The maximum atomic E-state index is 11.8. The van der Waals surface area contributed by atoms with Crippen LogP contribution in [0.2, 0.25) is 0 Å². The zero-order valence-corrected chi connectivity index (χ0v) is 10.9. The average molecular weight is 285 g/mol. The van der Waals surface area contributed by atoms with Gasteiger partial charge in [0.1, 0.15) is 0 Å². The van der Waals surface area contributed by atoms with E-state index in [4.69, 9.17) is 0 Å². The van der Waals surface area contributed by atoms with Gasteiger partial charge in [-0.2, -0.15) is 0 Å². The fourth-order valence-electron chi connectivity index (χ4n) is 2.30. The van der Waals surface area contributed by atoms with Crippen LogP contribution in [0.5, 0.6) is 0 Å². The van der Waals surface area contributed by atoms with Crippen LogP contribution in [0.3, 0.4) is 0 Å². The van der Waals surface area contributed by atoms with E-state index in [0.717, 1.165) is 0 Å². The van der Waals surface area contributed by atoms with E-state index in [2.05, 4.69) is 10.3 Å². The Bertz CT molecular complexity index is 772. The molecule has 0 bridgehead atoms. The first kappa shape index (κ1) is 13.0. The van der Waals surface area contributed by atoms with Crippen LogP contribution in [-0.4, -0.2) is 34.5 Å². The zero-order valence-electron chi connectivity index (χ0n) is 10.9. The molecule has 3 amide bonds. The van der Waals surface area contributed by atoms with Gasteiger partial charge in [0.05, 0.1) is 11.1 Å². The van der Waals surface area contributed by atoms with Crippen LogP contribution < -0.4 is 10.2 Å². The molecule has 1 aromatic carbocycles. The van der Waals surface area contributed by atoms with Gasteiger partial charge in [-0.15, -0.1) is 0 Å². The number of rotatable bonds is 2. The number of fused-ring (bicyclic) bond motifs is 1. The van der Waals surface area contributed by atoms with Crippen molar-refractivity contribution in [3.63, 3.8) is 0 Å². The molecule has 0 saturated carbocycles.